The van der Waals surface area contributed by atoms with Crippen LogP contribution in [-0.2, 0) is 4.74 Å². The molecule has 0 aliphatic carbocycles. The van der Waals surface area contributed by atoms with E-state index in [0.717, 1.165) is 19.0 Å². The first-order valence-electron chi connectivity index (χ1n) is 7.78. The Kier molecular flexibility index (Phi) is 3.08. The molecule has 0 aromatic heterocycles. The van der Waals surface area contributed by atoms with Crippen molar-refractivity contribution in [2.75, 3.05) is 19.8 Å². The summed E-state index contributed by atoms with van der Waals surface area (Å²) in [5.41, 5.74) is 1.43. The van der Waals surface area contributed by atoms with Gasteiger partial charge in [-0.3, -0.25) is 0 Å². The highest BCUT2D eigenvalue weighted by Gasteiger charge is 2.34. The Hall–Kier alpha value is -2.06. The van der Waals surface area contributed by atoms with Crippen molar-refractivity contribution in [1.29, 1.82) is 0 Å². The number of rotatable bonds is 3. The van der Waals surface area contributed by atoms with Gasteiger partial charge >= 0.3 is 0 Å². The highest BCUT2D eigenvalue weighted by atomic mass is 16.5. The summed E-state index contributed by atoms with van der Waals surface area (Å²) in [6.45, 7) is 6.64. The van der Waals surface area contributed by atoms with Crippen LogP contribution in [0, 0.1) is 12.3 Å². The smallest absolute Gasteiger partial charge is 0.134 e. The van der Waals surface area contributed by atoms with Gasteiger partial charge in [-0.1, -0.05) is 49.4 Å². The van der Waals surface area contributed by atoms with Crippen LogP contribution in [0.25, 0.3) is 21.5 Å². The molecular formula is C20H20O2. The molecule has 0 saturated carbocycles. The van der Waals surface area contributed by atoms with E-state index in [1.165, 1.54) is 27.1 Å². The third-order valence-electron chi connectivity index (χ3n) is 4.54. The van der Waals surface area contributed by atoms with Crippen LogP contribution in [0.2, 0.25) is 0 Å². The van der Waals surface area contributed by atoms with E-state index in [9.17, 15) is 0 Å². The van der Waals surface area contributed by atoms with Gasteiger partial charge in [0.2, 0.25) is 0 Å². The molecule has 22 heavy (non-hydrogen) atoms. The molecule has 4 rings (SSSR count). The van der Waals surface area contributed by atoms with Crippen LogP contribution in [0.5, 0.6) is 5.75 Å². The average Bonchev–Trinajstić information content (AvgIpc) is 2.50. The maximum absolute atomic E-state index is 6.31. The molecule has 0 amide bonds. The summed E-state index contributed by atoms with van der Waals surface area (Å²) in [6.07, 6.45) is 0. The lowest BCUT2D eigenvalue weighted by Gasteiger charge is -2.37. The van der Waals surface area contributed by atoms with Crippen molar-refractivity contribution in [3.63, 3.8) is 0 Å². The molecule has 1 aliphatic heterocycles. The predicted molar refractivity (Wildman–Crippen MR) is 90.6 cm³/mol. The Labute approximate surface area is 130 Å². The van der Waals surface area contributed by atoms with Crippen LogP contribution in [0.1, 0.15) is 12.5 Å². The number of hydrogen-bond donors (Lipinski definition) is 0. The Morgan fingerprint density at radius 3 is 2.55 bits per heavy atom. The van der Waals surface area contributed by atoms with E-state index < -0.39 is 0 Å². The summed E-state index contributed by atoms with van der Waals surface area (Å²) in [6, 6.07) is 17.1. The molecule has 0 atom stereocenters. The van der Waals surface area contributed by atoms with E-state index >= 15 is 0 Å². The number of fused-ring (bicyclic) bond motifs is 2. The Bertz CT molecular complexity index is 847. The lowest BCUT2D eigenvalue weighted by Crippen LogP contribution is -2.44. The maximum atomic E-state index is 6.31. The minimum Gasteiger partial charge on any atom is -0.492 e. The highest BCUT2D eigenvalue weighted by Crippen LogP contribution is 2.37. The van der Waals surface area contributed by atoms with Crippen molar-refractivity contribution >= 4 is 21.5 Å². The van der Waals surface area contributed by atoms with Crippen LogP contribution in [0.3, 0.4) is 0 Å². The third-order valence-corrected chi connectivity index (χ3v) is 4.54. The molecule has 3 aromatic carbocycles. The highest BCUT2D eigenvalue weighted by molar-refractivity contribution is 6.06. The molecule has 0 unspecified atom stereocenters. The molecule has 0 radical (unpaired) electrons. The van der Waals surface area contributed by atoms with Gasteiger partial charge in [-0.2, -0.15) is 0 Å². The second-order valence-electron chi connectivity index (χ2n) is 6.69. The van der Waals surface area contributed by atoms with Gasteiger partial charge in [0.1, 0.15) is 5.75 Å². The van der Waals surface area contributed by atoms with Crippen molar-refractivity contribution in [3.8, 4) is 5.75 Å². The van der Waals surface area contributed by atoms with E-state index in [1.807, 2.05) is 0 Å². The van der Waals surface area contributed by atoms with Crippen molar-refractivity contribution < 1.29 is 9.47 Å². The zero-order chi connectivity index (χ0) is 15.2. The Balaban J connectivity index is 1.89. The second-order valence-corrected chi connectivity index (χ2v) is 6.69. The quantitative estimate of drug-likeness (QED) is 0.650. The fourth-order valence-electron chi connectivity index (χ4n) is 3.14. The zero-order valence-electron chi connectivity index (χ0n) is 13.1. The molecule has 0 spiro atoms. The minimum atomic E-state index is 0.146. The number of ether oxygens (including phenoxy) is 2. The molecule has 0 N–H and O–H groups in total. The van der Waals surface area contributed by atoms with E-state index in [4.69, 9.17) is 9.47 Å². The molecule has 1 saturated heterocycles. The van der Waals surface area contributed by atoms with Gasteiger partial charge in [0.25, 0.3) is 0 Å². The molecular weight excluding hydrogens is 272 g/mol. The van der Waals surface area contributed by atoms with Gasteiger partial charge < -0.3 is 9.47 Å². The lowest BCUT2D eigenvalue weighted by molar-refractivity contribution is -0.120. The van der Waals surface area contributed by atoms with Gasteiger partial charge in [-0.15, -0.1) is 0 Å². The number of hydrogen-bond acceptors (Lipinski definition) is 2. The van der Waals surface area contributed by atoms with E-state index in [2.05, 4.69) is 62.4 Å². The minimum absolute atomic E-state index is 0.146. The summed E-state index contributed by atoms with van der Waals surface area (Å²) >= 11 is 0. The van der Waals surface area contributed by atoms with Crippen molar-refractivity contribution in [2.45, 2.75) is 13.8 Å². The summed E-state index contributed by atoms with van der Waals surface area (Å²) < 4.78 is 11.7. The number of benzene rings is 3. The first-order chi connectivity index (χ1) is 10.7. The Morgan fingerprint density at radius 2 is 1.77 bits per heavy atom. The van der Waals surface area contributed by atoms with E-state index in [-0.39, 0.29) is 5.41 Å². The zero-order valence-corrected chi connectivity index (χ0v) is 13.1. The first-order valence-corrected chi connectivity index (χ1v) is 7.78. The molecule has 1 aliphatic rings. The van der Waals surface area contributed by atoms with E-state index in [1.54, 1.807) is 0 Å². The maximum Gasteiger partial charge on any atom is 0.134 e. The van der Waals surface area contributed by atoms with Crippen LogP contribution in [-0.4, -0.2) is 19.8 Å². The van der Waals surface area contributed by atoms with Crippen LogP contribution in [0.4, 0.5) is 0 Å². The summed E-state index contributed by atoms with van der Waals surface area (Å²) in [5.74, 6) is 1.00. The molecule has 1 heterocycles. The summed E-state index contributed by atoms with van der Waals surface area (Å²) in [5, 5.41) is 4.88. The van der Waals surface area contributed by atoms with Crippen molar-refractivity contribution in [2.24, 2.45) is 5.41 Å². The average molecular weight is 292 g/mol. The van der Waals surface area contributed by atoms with Gasteiger partial charge in [0, 0.05) is 16.2 Å². The van der Waals surface area contributed by atoms with Crippen molar-refractivity contribution in [1.82, 2.24) is 0 Å². The standard InChI is InChI=1S/C20H20O2/c1-14-6-5-9-17-18(14)10-15-7-3-4-8-16(15)19(17)22-13-20(2)11-21-12-20/h3-10H,11-13H2,1-2H3. The summed E-state index contributed by atoms with van der Waals surface area (Å²) in [4.78, 5) is 0. The normalized spacial score (nSPS) is 16.6. The lowest BCUT2D eigenvalue weighted by atomic mass is 9.90. The van der Waals surface area contributed by atoms with Gasteiger partial charge in [0.05, 0.1) is 19.8 Å². The van der Waals surface area contributed by atoms with Crippen LogP contribution < -0.4 is 4.74 Å². The molecule has 2 heteroatoms. The molecule has 2 nitrogen and oxygen atoms in total. The molecule has 0 bridgehead atoms. The van der Waals surface area contributed by atoms with Gasteiger partial charge in [-0.25, -0.2) is 0 Å². The summed E-state index contributed by atoms with van der Waals surface area (Å²) in [7, 11) is 0. The topological polar surface area (TPSA) is 18.5 Å². The fraction of sp³-hybridized carbons (Fsp3) is 0.300. The van der Waals surface area contributed by atoms with Gasteiger partial charge in [-0.05, 0) is 29.3 Å². The molecule has 112 valence electrons. The Morgan fingerprint density at radius 1 is 1.00 bits per heavy atom. The number of aryl methyl sites for hydroxylation is 1. The largest absolute Gasteiger partial charge is 0.492 e. The van der Waals surface area contributed by atoms with Crippen molar-refractivity contribution in [3.05, 3.63) is 54.1 Å². The second kappa shape index (κ2) is 4.99. The third kappa shape index (κ3) is 2.15. The predicted octanol–water partition coefficient (Wildman–Crippen LogP) is 4.72. The monoisotopic (exact) mass is 292 g/mol. The van der Waals surface area contributed by atoms with Crippen LogP contribution in [0.15, 0.2) is 48.5 Å². The molecule has 1 fully saturated rings. The van der Waals surface area contributed by atoms with Crippen LogP contribution >= 0.6 is 0 Å². The SMILES string of the molecule is Cc1cccc2c(OCC3(C)COC3)c3ccccc3cc12. The fourth-order valence-corrected chi connectivity index (χ4v) is 3.14. The first kappa shape index (κ1) is 13.6. The molecule has 3 aromatic rings. The van der Waals surface area contributed by atoms with Gasteiger partial charge in [0.15, 0.2) is 0 Å². The van der Waals surface area contributed by atoms with E-state index in [0.29, 0.717) is 6.61 Å².